The van der Waals surface area contributed by atoms with E-state index in [0.717, 1.165) is 31.7 Å². The Morgan fingerprint density at radius 3 is 2.60 bits per heavy atom. The molecular formula is C17H23N3. The number of nitrogens with one attached hydrogen (secondary N) is 1. The smallest absolute Gasteiger partial charge is 0.0541 e. The van der Waals surface area contributed by atoms with Crippen molar-refractivity contribution in [3.63, 3.8) is 0 Å². The van der Waals surface area contributed by atoms with E-state index >= 15 is 0 Å². The number of aryl methyl sites for hydroxylation is 1. The molecule has 0 aliphatic rings. The minimum atomic E-state index is 0.843. The molecule has 0 saturated heterocycles. The maximum Gasteiger partial charge on any atom is 0.0541 e. The zero-order valence-corrected chi connectivity index (χ0v) is 12.3. The highest BCUT2D eigenvalue weighted by Crippen LogP contribution is 2.10. The van der Waals surface area contributed by atoms with Crippen LogP contribution in [0.2, 0.25) is 0 Å². The zero-order chi connectivity index (χ0) is 14.2. The second-order valence-electron chi connectivity index (χ2n) is 5.11. The number of anilines is 1. The minimum Gasteiger partial charge on any atom is -0.375 e. The van der Waals surface area contributed by atoms with Crippen LogP contribution in [0.4, 0.5) is 5.69 Å². The fraction of sp³-hybridized carbons (Fsp3) is 0.353. The molecule has 3 nitrogen and oxygen atoms in total. The Balaban J connectivity index is 1.63. The fourth-order valence-electron chi connectivity index (χ4n) is 2.07. The van der Waals surface area contributed by atoms with E-state index in [1.165, 1.54) is 11.3 Å². The Hall–Kier alpha value is -1.87. The van der Waals surface area contributed by atoms with Gasteiger partial charge in [0.1, 0.15) is 0 Å². The van der Waals surface area contributed by atoms with Crippen molar-refractivity contribution in [2.24, 2.45) is 0 Å². The quantitative estimate of drug-likeness (QED) is 0.783. The zero-order valence-electron chi connectivity index (χ0n) is 12.3. The summed E-state index contributed by atoms with van der Waals surface area (Å²) in [5.74, 6) is 0. The van der Waals surface area contributed by atoms with Gasteiger partial charge in [-0.05, 0) is 43.7 Å². The minimum absolute atomic E-state index is 0.843. The molecule has 0 spiro atoms. The molecular weight excluding hydrogens is 246 g/mol. The monoisotopic (exact) mass is 269 g/mol. The predicted molar refractivity (Wildman–Crippen MR) is 85.0 cm³/mol. The van der Waals surface area contributed by atoms with Crippen LogP contribution in [-0.4, -0.2) is 25.1 Å². The SMILES string of the molecule is Cc1ccc(CNCCCN(C)c2ccccc2)nc1. The van der Waals surface area contributed by atoms with Crippen molar-refractivity contribution in [2.45, 2.75) is 19.9 Å². The molecule has 0 aliphatic heterocycles. The van der Waals surface area contributed by atoms with Crippen molar-refractivity contribution in [2.75, 3.05) is 25.0 Å². The Labute approximate surface area is 121 Å². The molecule has 0 bridgehead atoms. The highest BCUT2D eigenvalue weighted by molar-refractivity contribution is 5.44. The molecule has 106 valence electrons. The van der Waals surface area contributed by atoms with E-state index in [1.807, 2.05) is 12.3 Å². The Bertz CT molecular complexity index is 493. The first-order valence-electron chi connectivity index (χ1n) is 7.14. The molecule has 2 rings (SSSR count). The Kier molecular flexibility index (Phi) is 5.56. The molecule has 0 saturated carbocycles. The van der Waals surface area contributed by atoms with Gasteiger partial charge in [-0.1, -0.05) is 24.3 Å². The van der Waals surface area contributed by atoms with Crippen LogP contribution in [0.1, 0.15) is 17.7 Å². The van der Waals surface area contributed by atoms with Crippen molar-refractivity contribution >= 4 is 5.69 Å². The van der Waals surface area contributed by atoms with Crippen molar-refractivity contribution in [1.82, 2.24) is 10.3 Å². The summed E-state index contributed by atoms with van der Waals surface area (Å²) in [5.41, 5.74) is 3.58. The van der Waals surface area contributed by atoms with Gasteiger partial charge in [-0.25, -0.2) is 0 Å². The molecule has 0 atom stereocenters. The maximum atomic E-state index is 4.39. The number of nitrogens with zero attached hydrogens (tertiary/aromatic N) is 2. The van der Waals surface area contributed by atoms with Gasteiger partial charge in [0, 0.05) is 32.0 Å². The van der Waals surface area contributed by atoms with Crippen LogP contribution in [0.25, 0.3) is 0 Å². The van der Waals surface area contributed by atoms with Crippen LogP contribution >= 0.6 is 0 Å². The predicted octanol–water partition coefficient (Wildman–Crippen LogP) is 3.01. The number of pyridine rings is 1. The van der Waals surface area contributed by atoms with E-state index in [9.17, 15) is 0 Å². The largest absolute Gasteiger partial charge is 0.375 e. The summed E-state index contributed by atoms with van der Waals surface area (Å²) in [7, 11) is 2.14. The first kappa shape index (κ1) is 14.5. The van der Waals surface area contributed by atoms with Gasteiger partial charge >= 0.3 is 0 Å². The summed E-state index contributed by atoms with van der Waals surface area (Å²) in [6, 6.07) is 14.7. The third kappa shape index (κ3) is 4.67. The second-order valence-corrected chi connectivity index (χ2v) is 5.11. The Morgan fingerprint density at radius 2 is 1.90 bits per heavy atom. The number of hydrogen-bond acceptors (Lipinski definition) is 3. The molecule has 1 aromatic carbocycles. The van der Waals surface area contributed by atoms with Gasteiger partial charge in [0.25, 0.3) is 0 Å². The third-order valence-electron chi connectivity index (χ3n) is 3.32. The van der Waals surface area contributed by atoms with Gasteiger partial charge in [0.2, 0.25) is 0 Å². The summed E-state index contributed by atoms with van der Waals surface area (Å²) in [6.45, 7) is 4.96. The number of hydrogen-bond donors (Lipinski definition) is 1. The van der Waals surface area contributed by atoms with Crippen LogP contribution in [0.5, 0.6) is 0 Å². The van der Waals surface area contributed by atoms with Crippen molar-refractivity contribution in [3.05, 3.63) is 59.9 Å². The molecule has 0 aliphatic carbocycles. The molecule has 0 fully saturated rings. The van der Waals surface area contributed by atoms with E-state index in [2.05, 4.69) is 65.6 Å². The number of rotatable bonds is 7. The van der Waals surface area contributed by atoms with Crippen molar-refractivity contribution < 1.29 is 0 Å². The topological polar surface area (TPSA) is 28.2 Å². The normalized spacial score (nSPS) is 10.5. The standard InChI is InChI=1S/C17H23N3/c1-15-9-10-16(19-13-15)14-18-11-6-12-20(2)17-7-4-3-5-8-17/h3-5,7-10,13,18H,6,11-12,14H2,1-2H3. The van der Waals surface area contributed by atoms with Crippen molar-refractivity contribution in [3.8, 4) is 0 Å². The van der Waals surface area contributed by atoms with Gasteiger partial charge in [-0.2, -0.15) is 0 Å². The lowest BCUT2D eigenvalue weighted by molar-refractivity contribution is 0.637. The van der Waals surface area contributed by atoms with Gasteiger partial charge in [-0.15, -0.1) is 0 Å². The molecule has 20 heavy (non-hydrogen) atoms. The summed E-state index contributed by atoms with van der Waals surface area (Å²) < 4.78 is 0. The van der Waals surface area contributed by atoms with Gasteiger partial charge in [0.15, 0.2) is 0 Å². The van der Waals surface area contributed by atoms with E-state index in [-0.39, 0.29) is 0 Å². The van der Waals surface area contributed by atoms with E-state index in [4.69, 9.17) is 0 Å². The molecule has 0 amide bonds. The average Bonchev–Trinajstić information content (AvgIpc) is 2.49. The third-order valence-corrected chi connectivity index (χ3v) is 3.32. The molecule has 1 heterocycles. The first-order chi connectivity index (χ1) is 9.75. The summed E-state index contributed by atoms with van der Waals surface area (Å²) in [5, 5.41) is 3.44. The summed E-state index contributed by atoms with van der Waals surface area (Å²) in [6.07, 6.45) is 3.04. The summed E-state index contributed by atoms with van der Waals surface area (Å²) in [4.78, 5) is 6.67. The van der Waals surface area contributed by atoms with Crippen LogP contribution in [0.3, 0.4) is 0 Å². The average molecular weight is 269 g/mol. The highest BCUT2D eigenvalue weighted by atomic mass is 15.1. The van der Waals surface area contributed by atoms with Crippen LogP contribution in [0, 0.1) is 6.92 Å². The molecule has 2 aromatic rings. The lowest BCUT2D eigenvalue weighted by Crippen LogP contribution is -2.23. The molecule has 0 radical (unpaired) electrons. The number of para-hydroxylation sites is 1. The number of benzene rings is 1. The Morgan fingerprint density at radius 1 is 1.10 bits per heavy atom. The summed E-state index contributed by atoms with van der Waals surface area (Å²) >= 11 is 0. The first-order valence-corrected chi connectivity index (χ1v) is 7.14. The molecule has 1 N–H and O–H groups in total. The molecule has 0 unspecified atom stereocenters. The van der Waals surface area contributed by atoms with E-state index in [0.29, 0.717) is 0 Å². The fourth-order valence-corrected chi connectivity index (χ4v) is 2.07. The van der Waals surface area contributed by atoms with Crippen LogP contribution < -0.4 is 10.2 Å². The lowest BCUT2D eigenvalue weighted by atomic mass is 10.2. The molecule has 1 aromatic heterocycles. The van der Waals surface area contributed by atoms with E-state index in [1.54, 1.807) is 0 Å². The van der Waals surface area contributed by atoms with Crippen LogP contribution in [0.15, 0.2) is 48.7 Å². The van der Waals surface area contributed by atoms with Gasteiger partial charge in [-0.3, -0.25) is 4.98 Å². The molecule has 3 heteroatoms. The van der Waals surface area contributed by atoms with Crippen molar-refractivity contribution in [1.29, 1.82) is 0 Å². The number of aromatic nitrogens is 1. The van der Waals surface area contributed by atoms with Gasteiger partial charge < -0.3 is 10.2 Å². The van der Waals surface area contributed by atoms with Crippen LogP contribution in [-0.2, 0) is 6.54 Å². The maximum absolute atomic E-state index is 4.39. The van der Waals surface area contributed by atoms with E-state index < -0.39 is 0 Å². The second kappa shape index (κ2) is 7.65. The van der Waals surface area contributed by atoms with Gasteiger partial charge in [0.05, 0.1) is 5.69 Å². The lowest BCUT2D eigenvalue weighted by Gasteiger charge is -2.19. The highest BCUT2D eigenvalue weighted by Gasteiger charge is 1.99.